The second-order valence-corrected chi connectivity index (χ2v) is 5.56. The van der Waals surface area contributed by atoms with Gasteiger partial charge in [-0.25, -0.2) is 9.18 Å². The largest absolute Gasteiger partial charge is 0.486 e. The Morgan fingerprint density at radius 2 is 1.84 bits per heavy atom. The highest BCUT2D eigenvalue weighted by Crippen LogP contribution is 2.28. The molecule has 7 heteroatoms. The predicted molar refractivity (Wildman–Crippen MR) is 88.1 cm³/mol. The molecule has 3 N–H and O–H groups in total. The summed E-state index contributed by atoms with van der Waals surface area (Å²) in [4.78, 5) is 11.0. The third-order valence-electron chi connectivity index (χ3n) is 3.70. The lowest BCUT2D eigenvalue weighted by molar-refractivity contribution is -0.0645. The van der Waals surface area contributed by atoms with Gasteiger partial charge in [0.1, 0.15) is 29.2 Å². The van der Waals surface area contributed by atoms with E-state index in [9.17, 15) is 14.4 Å². The Bertz CT molecular complexity index is 779. The molecule has 2 aromatic carbocycles. The average Bonchev–Trinajstić information content (AvgIpc) is 3.05. The molecule has 0 bridgehead atoms. The van der Waals surface area contributed by atoms with Crippen LogP contribution in [-0.4, -0.2) is 28.4 Å². The third kappa shape index (κ3) is 4.27. The molecule has 0 unspecified atom stereocenters. The van der Waals surface area contributed by atoms with Crippen LogP contribution in [0.5, 0.6) is 17.2 Å². The molecule has 0 aliphatic heterocycles. The van der Waals surface area contributed by atoms with Gasteiger partial charge in [-0.1, -0.05) is 12.1 Å². The van der Waals surface area contributed by atoms with Crippen molar-refractivity contribution in [2.75, 3.05) is 0 Å². The molecule has 0 heterocycles. The van der Waals surface area contributed by atoms with Crippen molar-refractivity contribution in [1.29, 1.82) is 0 Å². The van der Waals surface area contributed by atoms with E-state index < -0.39 is 12.1 Å². The standard InChI is InChI=1S/C18H17FN2O4/c19-12-4-7-14(8-5-12)24-15-2-1-3-16(11-15)25-17-9-6-13(10-17)21(23)18(20)22/h1-9,11,13,17,23H,10H2,(H2,20,22)/t13-,17+/m1/s1. The maximum Gasteiger partial charge on any atom is 0.339 e. The number of nitrogens with two attached hydrogens (primary N) is 1. The van der Waals surface area contributed by atoms with Crippen molar-refractivity contribution in [2.24, 2.45) is 5.73 Å². The molecule has 0 saturated heterocycles. The molecular weight excluding hydrogens is 327 g/mol. The van der Waals surface area contributed by atoms with Crippen LogP contribution in [0.25, 0.3) is 0 Å². The number of hydrogen-bond acceptors (Lipinski definition) is 4. The van der Waals surface area contributed by atoms with Gasteiger partial charge in [0.25, 0.3) is 0 Å². The molecule has 0 radical (unpaired) electrons. The van der Waals surface area contributed by atoms with Gasteiger partial charge in [0.05, 0.1) is 6.04 Å². The molecular formula is C18H17FN2O4. The first-order valence-corrected chi connectivity index (χ1v) is 7.67. The third-order valence-corrected chi connectivity index (χ3v) is 3.70. The predicted octanol–water partition coefficient (Wildman–Crippen LogP) is 3.46. The van der Waals surface area contributed by atoms with Crippen LogP contribution < -0.4 is 15.2 Å². The van der Waals surface area contributed by atoms with Gasteiger partial charge in [-0.15, -0.1) is 0 Å². The van der Waals surface area contributed by atoms with Gasteiger partial charge >= 0.3 is 6.03 Å². The molecule has 1 aliphatic rings. The lowest BCUT2D eigenvalue weighted by Crippen LogP contribution is -2.40. The van der Waals surface area contributed by atoms with Crippen LogP contribution in [0, 0.1) is 5.82 Å². The van der Waals surface area contributed by atoms with E-state index in [0.717, 1.165) is 0 Å². The summed E-state index contributed by atoms with van der Waals surface area (Å²) in [6, 6.07) is 11.3. The summed E-state index contributed by atoms with van der Waals surface area (Å²) in [6.45, 7) is 0. The number of carbonyl (C=O) groups excluding carboxylic acids is 1. The lowest BCUT2D eigenvalue weighted by Gasteiger charge is -2.20. The number of primary amides is 1. The van der Waals surface area contributed by atoms with Gasteiger partial charge in [0.15, 0.2) is 0 Å². The average molecular weight is 344 g/mol. The van der Waals surface area contributed by atoms with Crippen molar-refractivity contribution in [3.05, 3.63) is 66.5 Å². The van der Waals surface area contributed by atoms with Gasteiger partial charge in [0, 0.05) is 12.5 Å². The van der Waals surface area contributed by atoms with E-state index in [4.69, 9.17) is 15.2 Å². The Morgan fingerprint density at radius 3 is 2.56 bits per heavy atom. The summed E-state index contributed by atoms with van der Waals surface area (Å²) in [7, 11) is 0. The first-order chi connectivity index (χ1) is 12.0. The number of rotatable bonds is 5. The molecule has 6 nitrogen and oxygen atoms in total. The zero-order chi connectivity index (χ0) is 17.8. The van der Waals surface area contributed by atoms with Crippen LogP contribution in [0.3, 0.4) is 0 Å². The highest BCUT2D eigenvalue weighted by molar-refractivity contribution is 5.71. The van der Waals surface area contributed by atoms with Gasteiger partial charge in [-0.3, -0.25) is 5.21 Å². The van der Waals surface area contributed by atoms with E-state index in [1.54, 1.807) is 36.4 Å². The van der Waals surface area contributed by atoms with E-state index in [1.807, 2.05) is 0 Å². The number of urea groups is 1. The minimum Gasteiger partial charge on any atom is -0.486 e. The quantitative estimate of drug-likeness (QED) is 0.494. The number of nitrogens with zero attached hydrogens (tertiary/aromatic N) is 1. The monoisotopic (exact) mass is 344 g/mol. The number of hydroxylamine groups is 2. The Kier molecular flexibility index (Phi) is 4.85. The molecule has 2 atom stereocenters. The van der Waals surface area contributed by atoms with Crippen LogP contribution >= 0.6 is 0 Å². The van der Waals surface area contributed by atoms with E-state index in [0.29, 0.717) is 28.7 Å². The molecule has 130 valence electrons. The molecule has 0 saturated carbocycles. The van der Waals surface area contributed by atoms with Crippen LogP contribution in [-0.2, 0) is 0 Å². The summed E-state index contributed by atoms with van der Waals surface area (Å²) in [5, 5.41) is 10.0. The van der Waals surface area contributed by atoms with Crippen LogP contribution in [0.2, 0.25) is 0 Å². The zero-order valence-electron chi connectivity index (χ0n) is 13.2. The molecule has 2 aromatic rings. The molecule has 0 spiro atoms. The number of carbonyl (C=O) groups is 1. The number of benzene rings is 2. The number of amides is 2. The Hall–Kier alpha value is -3.06. The van der Waals surface area contributed by atoms with Crippen molar-refractivity contribution in [2.45, 2.75) is 18.6 Å². The topological polar surface area (TPSA) is 85.0 Å². The second kappa shape index (κ2) is 7.23. The summed E-state index contributed by atoms with van der Waals surface area (Å²) in [6.07, 6.45) is 3.50. The fraction of sp³-hybridized carbons (Fsp3) is 0.167. The molecule has 25 heavy (non-hydrogen) atoms. The normalized spacial score (nSPS) is 18.8. The van der Waals surface area contributed by atoms with E-state index in [1.165, 1.54) is 24.3 Å². The van der Waals surface area contributed by atoms with Crippen molar-refractivity contribution >= 4 is 6.03 Å². The molecule has 3 rings (SSSR count). The van der Waals surface area contributed by atoms with Crippen molar-refractivity contribution < 1.29 is 23.9 Å². The first-order valence-electron chi connectivity index (χ1n) is 7.67. The van der Waals surface area contributed by atoms with Crippen molar-refractivity contribution in [3.8, 4) is 17.2 Å². The van der Waals surface area contributed by atoms with E-state index in [2.05, 4.69) is 0 Å². The highest BCUT2D eigenvalue weighted by Gasteiger charge is 2.27. The van der Waals surface area contributed by atoms with Gasteiger partial charge in [-0.2, -0.15) is 5.06 Å². The van der Waals surface area contributed by atoms with Crippen molar-refractivity contribution in [1.82, 2.24) is 5.06 Å². The SMILES string of the molecule is NC(=O)N(O)[C@@H]1C=C[C@H](Oc2cccc(Oc3ccc(F)cc3)c2)C1. The van der Waals surface area contributed by atoms with Gasteiger partial charge in [-0.05, 0) is 42.5 Å². The smallest absolute Gasteiger partial charge is 0.339 e. The number of hydrogen-bond donors (Lipinski definition) is 2. The Morgan fingerprint density at radius 1 is 1.12 bits per heavy atom. The maximum absolute atomic E-state index is 12.9. The number of ether oxygens (including phenoxy) is 2. The Labute approximate surface area is 143 Å². The van der Waals surface area contributed by atoms with Crippen LogP contribution in [0.4, 0.5) is 9.18 Å². The fourth-order valence-electron chi connectivity index (χ4n) is 2.50. The summed E-state index contributed by atoms with van der Waals surface area (Å²) in [5.74, 6) is 1.29. The fourth-order valence-corrected chi connectivity index (χ4v) is 2.50. The molecule has 2 amide bonds. The highest BCUT2D eigenvalue weighted by atomic mass is 19.1. The van der Waals surface area contributed by atoms with Gasteiger partial charge in [0.2, 0.25) is 0 Å². The first kappa shape index (κ1) is 16.8. The minimum absolute atomic E-state index is 0.305. The van der Waals surface area contributed by atoms with E-state index in [-0.39, 0.29) is 11.9 Å². The van der Waals surface area contributed by atoms with E-state index >= 15 is 0 Å². The maximum atomic E-state index is 12.9. The Balaban J connectivity index is 1.62. The zero-order valence-corrected chi connectivity index (χ0v) is 13.2. The molecule has 0 aromatic heterocycles. The molecule has 0 fully saturated rings. The summed E-state index contributed by atoms with van der Waals surface area (Å²) in [5.41, 5.74) is 5.04. The lowest BCUT2D eigenvalue weighted by atomic mass is 10.2. The van der Waals surface area contributed by atoms with Crippen LogP contribution in [0.15, 0.2) is 60.7 Å². The molecule has 1 aliphatic carbocycles. The minimum atomic E-state index is -0.912. The second-order valence-electron chi connectivity index (χ2n) is 5.56. The van der Waals surface area contributed by atoms with Gasteiger partial charge < -0.3 is 15.2 Å². The number of halogens is 1. The summed E-state index contributed by atoms with van der Waals surface area (Å²) < 4.78 is 24.4. The summed E-state index contributed by atoms with van der Waals surface area (Å²) >= 11 is 0. The van der Waals surface area contributed by atoms with Crippen molar-refractivity contribution in [3.63, 3.8) is 0 Å². The van der Waals surface area contributed by atoms with Crippen LogP contribution in [0.1, 0.15) is 6.42 Å².